The van der Waals surface area contributed by atoms with Crippen LogP contribution in [0, 0.1) is 11.6 Å². The van der Waals surface area contributed by atoms with Crippen LogP contribution >= 0.6 is 0 Å². The van der Waals surface area contributed by atoms with Gasteiger partial charge in [-0.1, -0.05) is 31.2 Å². The van der Waals surface area contributed by atoms with Gasteiger partial charge in [-0.25, -0.2) is 23.5 Å². The first-order chi connectivity index (χ1) is 19.8. The summed E-state index contributed by atoms with van der Waals surface area (Å²) in [6.07, 6.45) is -4.36. The van der Waals surface area contributed by atoms with Gasteiger partial charge in [0.05, 0.1) is 17.2 Å². The van der Waals surface area contributed by atoms with Crippen LogP contribution in [0.3, 0.4) is 0 Å². The van der Waals surface area contributed by atoms with Crippen LogP contribution in [0.2, 0.25) is 0 Å². The van der Waals surface area contributed by atoms with Crippen LogP contribution in [-0.2, 0) is 18.3 Å². The molecule has 1 unspecified atom stereocenters. The van der Waals surface area contributed by atoms with Crippen LogP contribution < -0.4 is 11.5 Å². The molecule has 5 N–H and O–H groups in total. The molecule has 218 valence electrons. The van der Waals surface area contributed by atoms with Crippen LogP contribution in [0.15, 0.2) is 66.7 Å². The van der Waals surface area contributed by atoms with Gasteiger partial charge in [-0.15, -0.1) is 0 Å². The molecule has 0 aliphatic heterocycles. The maximum atomic E-state index is 15.3. The van der Waals surface area contributed by atoms with E-state index in [0.29, 0.717) is 28.6 Å². The Morgan fingerprint density at radius 1 is 0.976 bits per heavy atom. The van der Waals surface area contributed by atoms with Gasteiger partial charge < -0.3 is 16.6 Å². The summed E-state index contributed by atoms with van der Waals surface area (Å²) in [5, 5.41) is 13.1. The van der Waals surface area contributed by atoms with Crippen LogP contribution in [0.4, 0.5) is 33.5 Å². The minimum atomic E-state index is -5.08. The zero-order chi connectivity index (χ0) is 30.8. The molecular weight excluding hydrogens is 559 g/mol. The molecule has 0 fully saturated rings. The standard InChI is InChI=1S/C27H24F2N6.C2HF3O2/c1-3-15-8-11-22(29)20(12-15)24(23-14-16-13-17(30)9-10-18(16)25(31)32-23)27-33-26(34-35(27)2)19-6-4-5-7-21(19)28;3-2(4,5)1(6)7/h4-14,24H,3,30H2,1-2H3,(H2,31,32);(H,6,7). The van der Waals surface area contributed by atoms with E-state index in [0.717, 1.165) is 22.8 Å². The number of aromatic nitrogens is 4. The van der Waals surface area contributed by atoms with Gasteiger partial charge >= 0.3 is 12.1 Å². The Kier molecular flexibility index (Phi) is 8.41. The predicted molar refractivity (Wildman–Crippen MR) is 147 cm³/mol. The zero-order valence-electron chi connectivity index (χ0n) is 22.3. The number of pyridine rings is 1. The van der Waals surface area contributed by atoms with E-state index in [1.54, 1.807) is 49.5 Å². The minimum Gasteiger partial charge on any atom is -0.475 e. The van der Waals surface area contributed by atoms with E-state index in [-0.39, 0.29) is 11.4 Å². The Morgan fingerprint density at radius 3 is 2.31 bits per heavy atom. The van der Waals surface area contributed by atoms with E-state index >= 15 is 4.39 Å². The van der Waals surface area contributed by atoms with Gasteiger partial charge in [0.1, 0.15) is 23.3 Å². The van der Waals surface area contributed by atoms with E-state index in [9.17, 15) is 17.6 Å². The third-order valence-corrected chi connectivity index (χ3v) is 6.39. The van der Waals surface area contributed by atoms with Crippen LogP contribution in [0.5, 0.6) is 0 Å². The minimum absolute atomic E-state index is 0.204. The molecule has 0 aliphatic carbocycles. The number of nitrogen functional groups attached to an aromatic ring is 2. The van der Waals surface area contributed by atoms with Crippen LogP contribution in [0.1, 0.15) is 35.5 Å². The number of alkyl halides is 3. The lowest BCUT2D eigenvalue weighted by molar-refractivity contribution is -0.192. The van der Waals surface area contributed by atoms with Crippen molar-refractivity contribution in [1.29, 1.82) is 0 Å². The van der Waals surface area contributed by atoms with Gasteiger partial charge in [-0.2, -0.15) is 18.3 Å². The summed E-state index contributed by atoms with van der Waals surface area (Å²) in [5.41, 5.74) is 15.0. The molecule has 42 heavy (non-hydrogen) atoms. The number of carboxylic acid groups (broad SMARTS) is 1. The lowest BCUT2D eigenvalue weighted by Gasteiger charge is -2.19. The molecule has 0 saturated carbocycles. The molecule has 0 aliphatic rings. The molecular formula is C29H25F5N6O2. The third kappa shape index (κ3) is 6.29. The summed E-state index contributed by atoms with van der Waals surface area (Å²) < 4.78 is 63.1. The van der Waals surface area contributed by atoms with Gasteiger partial charge in [-0.05, 0) is 59.8 Å². The highest BCUT2D eigenvalue weighted by Crippen LogP contribution is 2.36. The monoisotopic (exact) mass is 584 g/mol. The smallest absolute Gasteiger partial charge is 0.475 e. The first-order valence-electron chi connectivity index (χ1n) is 12.5. The van der Waals surface area contributed by atoms with E-state index in [1.807, 2.05) is 19.1 Å². The van der Waals surface area contributed by atoms with Crippen molar-refractivity contribution < 1.29 is 31.9 Å². The Bertz CT molecular complexity index is 1770. The number of fused-ring (bicyclic) bond motifs is 1. The van der Waals surface area contributed by atoms with Crippen molar-refractivity contribution in [1.82, 2.24) is 19.7 Å². The lowest BCUT2D eigenvalue weighted by atomic mass is 9.91. The number of halogens is 5. The number of hydrogen-bond acceptors (Lipinski definition) is 6. The second kappa shape index (κ2) is 11.8. The number of carboxylic acids is 1. The summed E-state index contributed by atoms with van der Waals surface area (Å²) in [5.74, 6) is -3.44. The summed E-state index contributed by atoms with van der Waals surface area (Å²) in [4.78, 5) is 18.2. The molecule has 0 radical (unpaired) electrons. The fourth-order valence-corrected chi connectivity index (χ4v) is 4.34. The number of hydrogen-bond donors (Lipinski definition) is 3. The molecule has 5 aromatic rings. The summed E-state index contributed by atoms with van der Waals surface area (Å²) in [7, 11) is 1.70. The van der Waals surface area contributed by atoms with Crippen LogP contribution in [-0.4, -0.2) is 37.0 Å². The number of aliphatic carboxylic acids is 1. The number of nitrogens with zero attached hydrogens (tertiary/aromatic N) is 4. The Balaban J connectivity index is 0.000000517. The predicted octanol–water partition coefficient (Wildman–Crippen LogP) is 5.85. The zero-order valence-corrected chi connectivity index (χ0v) is 22.3. The molecule has 0 saturated heterocycles. The van der Waals surface area contributed by atoms with Crippen molar-refractivity contribution in [2.24, 2.45) is 7.05 Å². The van der Waals surface area contributed by atoms with E-state index < -0.39 is 29.7 Å². The second-order valence-corrected chi connectivity index (χ2v) is 9.26. The molecule has 0 bridgehead atoms. The fourth-order valence-electron chi connectivity index (χ4n) is 4.34. The van der Waals surface area contributed by atoms with Crippen molar-refractivity contribution >= 4 is 28.2 Å². The summed E-state index contributed by atoms with van der Waals surface area (Å²) >= 11 is 0. The molecule has 13 heteroatoms. The highest BCUT2D eigenvalue weighted by molar-refractivity contribution is 5.93. The van der Waals surface area contributed by atoms with Crippen molar-refractivity contribution in [3.05, 3.63) is 101 Å². The molecule has 2 aromatic heterocycles. The van der Waals surface area contributed by atoms with Gasteiger partial charge in [0.25, 0.3) is 0 Å². The summed E-state index contributed by atoms with van der Waals surface area (Å²) in [6.45, 7) is 2.00. The number of anilines is 2. The maximum absolute atomic E-state index is 15.3. The van der Waals surface area contributed by atoms with Crippen molar-refractivity contribution in [2.75, 3.05) is 11.5 Å². The molecule has 0 amide bonds. The highest BCUT2D eigenvalue weighted by Gasteiger charge is 2.38. The number of benzene rings is 3. The third-order valence-electron chi connectivity index (χ3n) is 6.39. The van der Waals surface area contributed by atoms with Crippen LogP contribution in [0.25, 0.3) is 22.2 Å². The normalized spacial score (nSPS) is 12.1. The van der Waals surface area contributed by atoms with Gasteiger partial charge in [0.15, 0.2) is 5.82 Å². The Labute approximate surface area is 236 Å². The Morgan fingerprint density at radius 2 is 1.67 bits per heavy atom. The number of rotatable bonds is 5. The highest BCUT2D eigenvalue weighted by atomic mass is 19.4. The number of carbonyl (C=O) groups is 1. The number of nitrogens with two attached hydrogens (primary N) is 2. The number of aryl methyl sites for hydroxylation is 2. The van der Waals surface area contributed by atoms with E-state index in [4.69, 9.17) is 21.4 Å². The van der Waals surface area contributed by atoms with Crippen molar-refractivity contribution in [2.45, 2.75) is 25.4 Å². The molecule has 8 nitrogen and oxygen atoms in total. The topological polar surface area (TPSA) is 133 Å². The van der Waals surface area contributed by atoms with Gasteiger partial charge in [0, 0.05) is 23.7 Å². The molecule has 2 heterocycles. The van der Waals surface area contributed by atoms with Gasteiger partial charge in [-0.3, -0.25) is 4.68 Å². The van der Waals surface area contributed by atoms with Crippen molar-refractivity contribution in [3.63, 3.8) is 0 Å². The van der Waals surface area contributed by atoms with Crippen molar-refractivity contribution in [3.8, 4) is 11.4 Å². The SMILES string of the molecule is CCc1ccc(F)c(C(c2cc3cc(N)ccc3c(N)n2)c2nc(-c3ccccc3F)nn2C)c1.O=C(O)C(F)(F)F. The van der Waals surface area contributed by atoms with E-state index in [1.165, 1.54) is 16.8 Å². The van der Waals surface area contributed by atoms with E-state index in [2.05, 4.69) is 15.1 Å². The average Bonchev–Trinajstić information content (AvgIpc) is 3.30. The average molecular weight is 585 g/mol. The summed E-state index contributed by atoms with van der Waals surface area (Å²) in [6, 6.07) is 18.5. The second-order valence-electron chi connectivity index (χ2n) is 9.26. The molecule has 5 rings (SSSR count). The lowest BCUT2D eigenvalue weighted by Crippen LogP contribution is -2.21. The quantitative estimate of drug-likeness (QED) is 0.174. The first-order valence-corrected chi connectivity index (χ1v) is 12.5. The Hall–Kier alpha value is -5.07. The fraction of sp³-hybridized carbons (Fsp3) is 0.172. The van der Waals surface area contributed by atoms with Gasteiger partial charge in [0.2, 0.25) is 0 Å². The molecule has 1 atom stereocenters. The largest absolute Gasteiger partial charge is 0.490 e. The first kappa shape index (κ1) is 29.9. The molecule has 0 spiro atoms. The molecule has 3 aromatic carbocycles. The maximum Gasteiger partial charge on any atom is 0.490 e.